The van der Waals surface area contributed by atoms with Crippen molar-refractivity contribution < 1.29 is 36.2 Å². The third kappa shape index (κ3) is 5.95. The number of carbonyl (C=O) groups is 1. The van der Waals surface area contributed by atoms with Crippen molar-refractivity contribution in [2.75, 3.05) is 0 Å². The van der Waals surface area contributed by atoms with Crippen LogP contribution in [0.15, 0.2) is 36.7 Å². The van der Waals surface area contributed by atoms with E-state index in [1.54, 1.807) is 0 Å². The minimum absolute atomic E-state index is 0.0184. The van der Waals surface area contributed by atoms with Crippen molar-refractivity contribution in [3.05, 3.63) is 59.2 Å². The second kappa shape index (κ2) is 7.86. The molecule has 0 saturated heterocycles. The molecule has 0 aromatic carbocycles. The van der Waals surface area contributed by atoms with Crippen molar-refractivity contribution in [3.8, 4) is 0 Å². The smallest absolute Gasteiger partial charge is 0.390 e. The first-order valence-corrected chi connectivity index (χ1v) is 6.19. The highest BCUT2D eigenvalue weighted by atomic mass is 19.4. The second-order valence-electron chi connectivity index (χ2n) is 4.28. The normalized spacial score (nSPS) is 11.5. The summed E-state index contributed by atoms with van der Waals surface area (Å²) < 4.78 is 71.9. The molecular weight excluding hydrogens is 342 g/mol. The van der Waals surface area contributed by atoms with Crippen LogP contribution in [0.2, 0.25) is 0 Å². The SMILES string of the molecule is O=Cc1cc(C(F)(F)F)ccn1.OCc1cc(C(F)(F)F)ccn1. The molecule has 0 aliphatic carbocycles. The van der Waals surface area contributed by atoms with Gasteiger partial charge >= 0.3 is 12.4 Å². The number of aliphatic hydroxyl groups is 1. The van der Waals surface area contributed by atoms with Crippen molar-refractivity contribution in [3.63, 3.8) is 0 Å². The van der Waals surface area contributed by atoms with Gasteiger partial charge in [0, 0.05) is 12.4 Å². The molecule has 2 aromatic rings. The maximum absolute atomic E-state index is 12.0. The summed E-state index contributed by atoms with van der Waals surface area (Å²) in [4.78, 5) is 17.0. The zero-order valence-corrected chi connectivity index (χ0v) is 11.8. The molecule has 0 aliphatic rings. The van der Waals surface area contributed by atoms with E-state index in [9.17, 15) is 31.1 Å². The Morgan fingerprint density at radius 1 is 0.917 bits per heavy atom. The highest BCUT2D eigenvalue weighted by Crippen LogP contribution is 2.29. The predicted octanol–water partition coefficient (Wildman–Crippen LogP) is 3.51. The Labute approximate surface area is 131 Å². The minimum atomic E-state index is -4.42. The maximum Gasteiger partial charge on any atom is 0.416 e. The van der Waals surface area contributed by atoms with E-state index in [0.717, 1.165) is 30.6 Å². The molecule has 0 amide bonds. The van der Waals surface area contributed by atoms with Crippen LogP contribution in [0, 0.1) is 0 Å². The van der Waals surface area contributed by atoms with Gasteiger partial charge < -0.3 is 5.11 Å². The van der Waals surface area contributed by atoms with Gasteiger partial charge in [0.15, 0.2) is 6.29 Å². The molecule has 0 bridgehead atoms. The predicted molar refractivity (Wildman–Crippen MR) is 69.8 cm³/mol. The van der Waals surface area contributed by atoms with Crippen molar-refractivity contribution in [2.24, 2.45) is 0 Å². The first-order chi connectivity index (χ1) is 11.1. The molecule has 1 N–H and O–H groups in total. The number of hydrogen-bond donors (Lipinski definition) is 1. The van der Waals surface area contributed by atoms with E-state index in [4.69, 9.17) is 5.11 Å². The summed E-state index contributed by atoms with van der Waals surface area (Å²) in [5.74, 6) is 0. The van der Waals surface area contributed by atoms with Crippen LogP contribution in [0.1, 0.15) is 27.3 Å². The lowest BCUT2D eigenvalue weighted by Crippen LogP contribution is -2.06. The van der Waals surface area contributed by atoms with Crippen LogP contribution in [0.3, 0.4) is 0 Å². The van der Waals surface area contributed by atoms with Crippen LogP contribution in [0.25, 0.3) is 0 Å². The molecule has 0 unspecified atom stereocenters. The van der Waals surface area contributed by atoms with E-state index in [-0.39, 0.29) is 17.7 Å². The quantitative estimate of drug-likeness (QED) is 0.664. The van der Waals surface area contributed by atoms with E-state index in [2.05, 4.69) is 9.97 Å². The largest absolute Gasteiger partial charge is 0.416 e. The summed E-state index contributed by atoms with van der Waals surface area (Å²) in [6, 6.07) is 3.19. The summed E-state index contributed by atoms with van der Waals surface area (Å²) in [5, 5.41) is 8.50. The Bertz CT molecular complexity index is 685. The fourth-order valence-corrected chi connectivity index (χ4v) is 1.43. The summed E-state index contributed by atoms with van der Waals surface area (Å²) in [6.07, 6.45) is -6.54. The van der Waals surface area contributed by atoms with E-state index >= 15 is 0 Å². The molecule has 4 nitrogen and oxygen atoms in total. The van der Waals surface area contributed by atoms with Gasteiger partial charge in [0.05, 0.1) is 23.4 Å². The third-order valence-corrected chi connectivity index (χ3v) is 2.54. The van der Waals surface area contributed by atoms with Gasteiger partial charge in [-0.15, -0.1) is 0 Å². The van der Waals surface area contributed by atoms with E-state index in [1.807, 2.05) is 0 Å². The minimum Gasteiger partial charge on any atom is -0.390 e. The van der Waals surface area contributed by atoms with Crippen molar-refractivity contribution in [2.45, 2.75) is 19.0 Å². The van der Waals surface area contributed by atoms with E-state index in [0.29, 0.717) is 6.07 Å². The molecule has 0 radical (unpaired) electrons. The number of aromatic nitrogens is 2. The topological polar surface area (TPSA) is 63.1 Å². The average molecular weight is 352 g/mol. The van der Waals surface area contributed by atoms with Gasteiger partial charge in [0.25, 0.3) is 0 Å². The molecule has 2 aromatic heterocycles. The van der Waals surface area contributed by atoms with E-state index in [1.165, 1.54) is 0 Å². The zero-order chi connectivity index (χ0) is 18.4. The molecule has 0 spiro atoms. The third-order valence-electron chi connectivity index (χ3n) is 2.54. The lowest BCUT2D eigenvalue weighted by atomic mass is 10.2. The number of aldehydes is 1. The molecule has 2 heterocycles. The van der Waals surface area contributed by atoms with Crippen LogP contribution in [0.5, 0.6) is 0 Å². The first-order valence-electron chi connectivity index (χ1n) is 6.19. The molecule has 0 aliphatic heterocycles. The van der Waals surface area contributed by atoms with Gasteiger partial charge in [-0.2, -0.15) is 26.3 Å². The highest BCUT2D eigenvalue weighted by molar-refractivity contribution is 5.71. The van der Waals surface area contributed by atoms with Crippen LogP contribution in [0.4, 0.5) is 26.3 Å². The number of rotatable bonds is 2. The molecule has 24 heavy (non-hydrogen) atoms. The standard InChI is InChI=1S/C7H6F3NO.C7H4F3NO/c2*8-7(9,10)5-1-2-11-6(3-5)4-12/h1-3,12H,4H2;1-4H. The maximum atomic E-state index is 12.0. The second-order valence-corrected chi connectivity index (χ2v) is 4.28. The van der Waals surface area contributed by atoms with Gasteiger partial charge in [-0.05, 0) is 24.3 Å². The Morgan fingerprint density at radius 3 is 1.88 bits per heavy atom. The zero-order valence-electron chi connectivity index (χ0n) is 11.8. The molecule has 10 heteroatoms. The Kier molecular flexibility index (Phi) is 6.41. The van der Waals surface area contributed by atoms with Crippen LogP contribution in [-0.2, 0) is 19.0 Å². The summed E-state index contributed by atoms with van der Waals surface area (Å²) >= 11 is 0. The van der Waals surface area contributed by atoms with Gasteiger partial charge in [0.1, 0.15) is 5.69 Å². The van der Waals surface area contributed by atoms with Crippen LogP contribution < -0.4 is 0 Å². The van der Waals surface area contributed by atoms with Crippen molar-refractivity contribution in [1.82, 2.24) is 9.97 Å². The molecular formula is C14H10F6N2O2. The van der Waals surface area contributed by atoms with Crippen molar-refractivity contribution in [1.29, 1.82) is 0 Å². The number of carbonyl (C=O) groups excluding carboxylic acids is 1. The fourth-order valence-electron chi connectivity index (χ4n) is 1.43. The number of nitrogens with zero attached hydrogens (tertiary/aromatic N) is 2. The summed E-state index contributed by atoms with van der Waals surface area (Å²) in [6.45, 7) is -0.482. The van der Waals surface area contributed by atoms with Crippen molar-refractivity contribution >= 4 is 6.29 Å². The highest BCUT2D eigenvalue weighted by Gasteiger charge is 2.31. The van der Waals surface area contributed by atoms with E-state index < -0.39 is 30.1 Å². The monoisotopic (exact) mass is 352 g/mol. The molecule has 0 fully saturated rings. The van der Waals surface area contributed by atoms with Gasteiger partial charge in [-0.3, -0.25) is 14.8 Å². The Morgan fingerprint density at radius 2 is 1.42 bits per heavy atom. The fraction of sp³-hybridized carbons (Fsp3) is 0.214. The lowest BCUT2D eigenvalue weighted by Gasteiger charge is -2.06. The Hall–Kier alpha value is -2.49. The molecule has 130 valence electrons. The average Bonchev–Trinajstić information content (AvgIpc) is 2.54. The number of hydrogen-bond acceptors (Lipinski definition) is 4. The first kappa shape index (κ1) is 19.6. The molecule has 2 rings (SSSR count). The molecule has 0 atom stereocenters. The Balaban J connectivity index is 0.000000240. The lowest BCUT2D eigenvalue weighted by molar-refractivity contribution is -0.138. The number of aliphatic hydroxyl groups excluding tert-OH is 1. The van der Waals surface area contributed by atoms with Gasteiger partial charge in [-0.1, -0.05) is 0 Å². The molecule has 0 saturated carbocycles. The number of halogens is 6. The van der Waals surface area contributed by atoms with Gasteiger partial charge in [0.2, 0.25) is 0 Å². The van der Waals surface area contributed by atoms with Crippen LogP contribution in [-0.4, -0.2) is 21.4 Å². The van der Waals surface area contributed by atoms with Crippen LogP contribution >= 0.6 is 0 Å². The summed E-state index contributed by atoms with van der Waals surface area (Å²) in [7, 11) is 0. The van der Waals surface area contributed by atoms with Gasteiger partial charge in [-0.25, -0.2) is 0 Å². The summed E-state index contributed by atoms with van der Waals surface area (Å²) in [5.41, 5.74) is -1.85. The number of pyridine rings is 2. The number of alkyl halides is 6.